The van der Waals surface area contributed by atoms with E-state index < -0.39 is 12.0 Å². The van der Waals surface area contributed by atoms with E-state index in [9.17, 15) is 4.79 Å². The van der Waals surface area contributed by atoms with Crippen molar-refractivity contribution in [3.63, 3.8) is 0 Å². The highest BCUT2D eigenvalue weighted by molar-refractivity contribution is 5.71. The van der Waals surface area contributed by atoms with Crippen LogP contribution in [0.4, 0.5) is 0 Å². The largest absolute Gasteiger partial charge is 0.480 e. The molecule has 1 fully saturated rings. The number of carboxylic acids is 1. The van der Waals surface area contributed by atoms with Gasteiger partial charge in [-0.1, -0.05) is 5.21 Å². The Morgan fingerprint density at radius 3 is 3.12 bits per heavy atom. The van der Waals surface area contributed by atoms with Crippen LogP contribution in [0.2, 0.25) is 0 Å². The van der Waals surface area contributed by atoms with E-state index in [4.69, 9.17) is 9.84 Å². The molecular weight excluding hydrogens is 210 g/mol. The number of carboxylic acid groups (broad SMARTS) is 1. The van der Waals surface area contributed by atoms with Gasteiger partial charge in [0, 0.05) is 6.61 Å². The van der Waals surface area contributed by atoms with Gasteiger partial charge in [0.15, 0.2) is 0 Å². The van der Waals surface area contributed by atoms with Crippen LogP contribution >= 0.6 is 0 Å². The van der Waals surface area contributed by atoms with E-state index in [0.717, 1.165) is 31.6 Å². The zero-order valence-corrected chi connectivity index (χ0v) is 9.17. The van der Waals surface area contributed by atoms with Crippen LogP contribution in [0.1, 0.15) is 44.0 Å². The summed E-state index contributed by atoms with van der Waals surface area (Å²) in [6, 6.07) is -0.690. The Morgan fingerprint density at radius 2 is 2.50 bits per heavy atom. The number of carbonyl (C=O) groups is 1. The van der Waals surface area contributed by atoms with Crippen molar-refractivity contribution in [3.05, 3.63) is 11.9 Å². The molecule has 2 rings (SSSR count). The minimum atomic E-state index is -0.916. The maximum absolute atomic E-state index is 10.8. The van der Waals surface area contributed by atoms with E-state index in [1.165, 1.54) is 4.68 Å². The summed E-state index contributed by atoms with van der Waals surface area (Å²) in [5, 5.41) is 16.6. The van der Waals surface area contributed by atoms with E-state index in [2.05, 4.69) is 10.3 Å². The number of nitrogens with zero attached hydrogens (tertiary/aromatic N) is 3. The third-order valence-corrected chi connectivity index (χ3v) is 2.79. The first-order valence-electron chi connectivity index (χ1n) is 5.44. The van der Waals surface area contributed by atoms with Crippen LogP contribution in [-0.2, 0) is 9.53 Å². The highest BCUT2D eigenvalue weighted by Crippen LogP contribution is 2.26. The number of ether oxygens (including phenoxy) is 1. The Hall–Kier alpha value is -1.43. The Labute approximate surface area is 93.2 Å². The molecule has 2 unspecified atom stereocenters. The molecule has 1 aromatic heterocycles. The highest BCUT2D eigenvalue weighted by atomic mass is 16.5. The van der Waals surface area contributed by atoms with Crippen LogP contribution in [0.5, 0.6) is 0 Å². The molecule has 0 radical (unpaired) electrons. The first-order valence-corrected chi connectivity index (χ1v) is 5.44. The van der Waals surface area contributed by atoms with Crippen LogP contribution in [-0.4, -0.2) is 32.7 Å². The monoisotopic (exact) mass is 225 g/mol. The summed E-state index contributed by atoms with van der Waals surface area (Å²) in [5.74, 6) is -0.916. The van der Waals surface area contributed by atoms with Crippen molar-refractivity contribution in [2.45, 2.75) is 38.3 Å². The van der Waals surface area contributed by atoms with Gasteiger partial charge in [-0.2, -0.15) is 0 Å². The zero-order chi connectivity index (χ0) is 11.5. The van der Waals surface area contributed by atoms with Crippen LogP contribution in [0.15, 0.2) is 6.20 Å². The SMILES string of the molecule is CC(C(=O)O)n1cc(C2CCCCO2)nn1. The second-order valence-electron chi connectivity index (χ2n) is 3.99. The van der Waals surface area contributed by atoms with E-state index >= 15 is 0 Å². The van der Waals surface area contributed by atoms with Crippen molar-refractivity contribution in [1.82, 2.24) is 15.0 Å². The van der Waals surface area contributed by atoms with Crippen molar-refractivity contribution in [2.75, 3.05) is 6.61 Å². The van der Waals surface area contributed by atoms with Crippen molar-refractivity contribution in [2.24, 2.45) is 0 Å². The smallest absolute Gasteiger partial charge is 0.328 e. The lowest BCUT2D eigenvalue weighted by atomic mass is 10.1. The van der Waals surface area contributed by atoms with Crippen LogP contribution in [0.3, 0.4) is 0 Å². The van der Waals surface area contributed by atoms with Gasteiger partial charge in [-0.15, -0.1) is 5.10 Å². The summed E-state index contributed by atoms with van der Waals surface area (Å²) in [6.07, 6.45) is 4.76. The third kappa shape index (κ3) is 2.21. The fourth-order valence-electron chi connectivity index (χ4n) is 1.71. The normalized spacial score (nSPS) is 22.9. The molecule has 1 N–H and O–H groups in total. The number of aromatic nitrogens is 3. The van der Waals surface area contributed by atoms with Crippen molar-refractivity contribution >= 4 is 5.97 Å². The molecule has 0 aliphatic carbocycles. The summed E-state index contributed by atoms with van der Waals surface area (Å²) in [4.78, 5) is 10.8. The average molecular weight is 225 g/mol. The summed E-state index contributed by atoms with van der Waals surface area (Å²) in [5.41, 5.74) is 0.729. The molecule has 16 heavy (non-hydrogen) atoms. The summed E-state index contributed by atoms with van der Waals surface area (Å²) >= 11 is 0. The van der Waals surface area contributed by atoms with Crippen LogP contribution in [0.25, 0.3) is 0 Å². The summed E-state index contributed by atoms with van der Waals surface area (Å²) < 4.78 is 6.91. The molecule has 1 aromatic rings. The predicted octanol–water partition coefficient (Wildman–Crippen LogP) is 1.17. The minimum absolute atomic E-state index is 0.0245. The Balaban J connectivity index is 2.09. The van der Waals surface area contributed by atoms with Crippen LogP contribution < -0.4 is 0 Å². The topological polar surface area (TPSA) is 77.2 Å². The number of aliphatic carboxylic acids is 1. The molecule has 0 bridgehead atoms. The summed E-state index contributed by atoms with van der Waals surface area (Å²) in [6.45, 7) is 2.31. The van der Waals surface area contributed by atoms with Gasteiger partial charge in [-0.05, 0) is 26.2 Å². The van der Waals surface area contributed by atoms with Gasteiger partial charge in [0.2, 0.25) is 0 Å². The Bertz CT molecular complexity index is 371. The van der Waals surface area contributed by atoms with E-state index in [1.807, 2.05) is 0 Å². The Morgan fingerprint density at radius 1 is 1.69 bits per heavy atom. The van der Waals surface area contributed by atoms with Gasteiger partial charge < -0.3 is 9.84 Å². The maximum atomic E-state index is 10.8. The summed E-state index contributed by atoms with van der Waals surface area (Å²) in [7, 11) is 0. The second-order valence-corrected chi connectivity index (χ2v) is 3.99. The molecule has 0 aromatic carbocycles. The quantitative estimate of drug-likeness (QED) is 0.835. The number of rotatable bonds is 3. The molecule has 0 amide bonds. The van der Waals surface area contributed by atoms with Crippen molar-refractivity contribution in [1.29, 1.82) is 0 Å². The third-order valence-electron chi connectivity index (χ3n) is 2.79. The lowest BCUT2D eigenvalue weighted by Crippen LogP contribution is -2.16. The predicted molar refractivity (Wildman–Crippen MR) is 54.9 cm³/mol. The molecule has 0 saturated carbocycles. The minimum Gasteiger partial charge on any atom is -0.480 e. The van der Waals surface area contributed by atoms with Gasteiger partial charge in [-0.25, -0.2) is 9.48 Å². The van der Waals surface area contributed by atoms with E-state index in [0.29, 0.717) is 0 Å². The second kappa shape index (κ2) is 4.61. The standard InChI is InChI=1S/C10H15N3O3/c1-7(10(14)15)13-6-8(11-12-13)9-4-2-3-5-16-9/h6-7,9H,2-5H2,1H3,(H,14,15). The van der Waals surface area contributed by atoms with Crippen LogP contribution in [0, 0.1) is 0 Å². The van der Waals surface area contributed by atoms with Crippen molar-refractivity contribution in [3.8, 4) is 0 Å². The fourth-order valence-corrected chi connectivity index (χ4v) is 1.71. The van der Waals surface area contributed by atoms with Gasteiger partial charge in [0.05, 0.1) is 6.20 Å². The molecule has 2 heterocycles. The lowest BCUT2D eigenvalue weighted by Gasteiger charge is -2.20. The zero-order valence-electron chi connectivity index (χ0n) is 9.17. The van der Waals surface area contributed by atoms with Gasteiger partial charge >= 0.3 is 5.97 Å². The highest BCUT2D eigenvalue weighted by Gasteiger charge is 2.21. The average Bonchev–Trinajstić information content (AvgIpc) is 2.78. The van der Waals surface area contributed by atoms with Gasteiger partial charge in [-0.3, -0.25) is 0 Å². The maximum Gasteiger partial charge on any atom is 0.328 e. The lowest BCUT2D eigenvalue weighted by molar-refractivity contribution is -0.140. The molecule has 6 nitrogen and oxygen atoms in total. The Kier molecular flexibility index (Phi) is 3.19. The molecule has 1 aliphatic rings. The molecule has 88 valence electrons. The molecule has 6 heteroatoms. The number of hydrogen-bond donors (Lipinski definition) is 1. The first kappa shape index (κ1) is 11.1. The number of hydrogen-bond acceptors (Lipinski definition) is 4. The molecule has 2 atom stereocenters. The molecule has 1 aliphatic heterocycles. The molecule has 0 spiro atoms. The van der Waals surface area contributed by atoms with Gasteiger partial charge in [0.1, 0.15) is 17.8 Å². The fraction of sp³-hybridized carbons (Fsp3) is 0.700. The first-order chi connectivity index (χ1) is 7.68. The van der Waals surface area contributed by atoms with Crippen molar-refractivity contribution < 1.29 is 14.6 Å². The molecular formula is C10H15N3O3. The van der Waals surface area contributed by atoms with E-state index in [1.54, 1.807) is 13.1 Å². The van der Waals surface area contributed by atoms with E-state index in [-0.39, 0.29) is 6.10 Å². The molecule has 1 saturated heterocycles. The van der Waals surface area contributed by atoms with Gasteiger partial charge in [0.25, 0.3) is 0 Å².